The van der Waals surface area contributed by atoms with E-state index >= 15 is 0 Å². The van der Waals surface area contributed by atoms with Crippen LogP contribution in [0.5, 0.6) is 0 Å². The van der Waals surface area contributed by atoms with Crippen LogP contribution < -0.4 is 5.73 Å². The van der Waals surface area contributed by atoms with E-state index in [1.54, 1.807) is 31.4 Å². The lowest BCUT2D eigenvalue weighted by Crippen LogP contribution is -2.33. The maximum Gasteiger partial charge on any atom is 0.223 e. The summed E-state index contributed by atoms with van der Waals surface area (Å²) in [5.41, 5.74) is 7.03. The molecule has 1 amide bonds. The summed E-state index contributed by atoms with van der Waals surface area (Å²) in [6.45, 7) is 3.45. The number of primary amides is 1. The molecule has 2 N–H and O–H groups in total. The molecule has 5 nitrogen and oxygen atoms in total. The number of hydrogen-bond acceptors (Lipinski definition) is 6. The molecule has 1 saturated carbocycles. The Morgan fingerprint density at radius 3 is 2.74 bits per heavy atom. The van der Waals surface area contributed by atoms with Crippen LogP contribution in [0.2, 0.25) is 5.02 Å². The average Bonchev–Trinajstić information content (AvgIpc) is 3.49. The largest absolute Gasteiger partial charge is 0.369 e. The van der Waals surface area contributed by atoms with Crippen LogP contribution in [0.25, 0.3) is 21.8 Å². The Morgan fingerprint density at radius 1 is 1.35 bits per heavy atom. The molecule has 2 heterocycles. The molecular weight excluding hydrogens is 455 g/mol. The minimum absolute atomic E-state index is 0.227. The van der Waals surface area contributed by atoms with Gasteiger partial charge in [0.2, 0.25) is 5.91 Å². The normalized spacial score (nSPS) is 14.1. The third-order valence-electron chi connectivity index (χ3n) is 5.29. The number of carbonyl (C=O) groups is 1. The first kappa shape index (κ1) is 22.2. The molecule has 9 heteroatoms. The lowest BCUT2D eigenvalue weighted by atomic mass is 9.84. The fourth-order valence-electron chi connectivity index (χ4n) is 3.27. The van der Waals surface area contributed by atoms with Crippen molar-refractivity contribution in [3.63, 3.8) is 0 Å². The van der Waals surface area contributed by atoms with Gasteiger partial charge in [-0.1, -0.05) is 37.2 Å². The van der Waals surface area contributed by atoms with Crippen molar-refractivity contribution in [2.45, 2.75) is 44.2 Å². The highest BCUT2D eigenvalue weighted by atomic mass is 35.5. The summed E-state index contributed by atoms with van der Waals surface area (Å²) in [6.07, 6.45) is 6.05. The molecule has 0 radical (unpaired) electrons. The number of halogens is 2. The van der Waals surface area contributed by atoms with Crippen LogP contribution in [-0.2, 0) is 11.2 Å². The van der Waals surface area contributed by atoms with E-state index in [-0.39, 0.29) is 6.42 Å². The number of aromatic nitrogens is 3. The van der Waals surface area contributed by atoms with Gasteiger partial charge in [0.05, 0.1) is 26.3 Å². The lowest BCUT2D eigenvalue weighted by molar-refractivity contribution is -0.125. The van der Waals surface area contributed by atoms with Gasteiger partial charge in [0.25, 0.3) is 0 Å². The predicted octanol–water partition coefficient (Wildman–Crippen LogP) is 5.71. The molecule has 0 saturated heterocycles. The molecular formula is C22H22ClFN4OS2. The van der Waals surface area contributed by atoms with Gasteiger partial charge in [-0.05, 0) is 49.3 Å². The lowest BCUT2D eigenvalue weighted by Gasteiger charge is -2.22. The van der Waals surface area contributed by atoms with Crippen LogP contribution in [-0.4, -0.2) is 27.1 Å². The SMILES string of the molecule is CSc1nccc(-c2sc(C3CC3)nc2-c2cc(F)cc(CC(C)(C)C(N)=O)c2Cl)n1. The summed E-state index contributed by atoms with van der Waals surface area (Å²) in [5.74, 6) is -0.473. The molecule has 31 heavy (non-hydrogen) atoms. The van der Waals surface area contributed by atoms with Gasteiger partial charge < -0.3 is 5.73 Å². The average molecular weight is 477 g/mol. The molecule has 1 aliphatic rings. The van der Waals surface area contributed by atoms with Gasteiger partial charge >= 0.3 is 0 Å². The van der Waals surface area contributed by atoms with E-state index < -0.39 is 17.1 Å². The molecule has 1 fully saturated rings. The van der Waals surface area contributed by atoms with Crippen LogP contribution in [0.1, 0.15) is 43.2 Å². The van der Waals surface area contributed by atoms with E-state index in [2.05, 4.69) is 9.97 Å². The second kappa shape index (κ2) is 8.48. The number of nitrogens with zero attached hydrogens (tertiary/aromatic N) is 3. The summed E-state index contributed by atoms with van der Waals surface area (Å²) in [4.78, 5) is 26.4. The standard InChI is InChI=1S/C22H22ClFN4OS2/c1-22(2,20(25)29)10-12-8-13(24)9-14(16(12)23)17-18(31-19(28-17)11-4-5-11)15-6-7-26-21(27-15)30-3/h6-9,11H,4-5,10H2,1-3H3,(H2,25,29). The maximum atomic E-state index is 14.7. The van der Waals surface area contributed by atoms with Crippen LogP contribution in [0.15, 0.2) is 29.6 Å². The van der Waals surface area contributed by atoms with Gasteiger partial charge in [0, 0.05) is 23.1 Å². The number of thioether (sulfide) groups is 1. The Bertz CT molecular complexity index is 1160. The van der Waals surface area contributed by atoms with E-state index in [1.807, 2.05) is 12.3 Å². The van der Waals surface area contributed by atoms with Crippen LogP contribution in [0.3, 0.4) is 0 Å². The first-order valence-electron chi connectivity index (χ1n) is 9.86. The second-order valence-electron chi connectivity index (χ2n) is 8.28. The number of carbonyl (C=O) groups excluding carboxylic acids is 1. The fourth-order valence-corrected chi connectivity index (χ4v) is 5.11. The summed E-state index contributed by atoms with van der Waals surface area (Å²) in [5, 5.41) is 2.04. The number of benzene rings is 1. The maximum absolute atomic E-state index is 14.7. The number of hydrogen-bond donors (Lipinski definition) is 1. The van der Waals surface area contributed by atoms with Crippen molar-refractivity contribution in [2.75, 3.05) is 6.26 Å². The smallest absolute Gasteiger partial charge is 0.223 e. The van der Waals surface area contributed by atoms with Gasteiger partial charge in [-0.25, -0.2) is 19.3 Å². The van der Waals surface area contributed by atoms with E-state index in [0.29, 0.717) is 32.9 Å². The molecule has 0 spiro atoms. The third kappa shape index (κ3) is 4.61. The number of amides is 1. The first-order valence-corrected chi connectivity index (χ1v) is 12.3. The van der Waals surface area contributed by atoms with Gasteiger partial charge in [0.1, 0.15) is 5.82 Å². The van der Waals surface area contributed by atoms with Crippen molar-refractivity contribution in [3.05, 3.63) is 45.8 Å². The molecule has 0 atom stereocenters. The van der Waals surface area contributed by atoms with Crippen LogP contribution in [0, 0.1) is 11.2 Å². The van der Waals surface area contributed by atoms with Crippen molar-refractivity contribution in [3.8, 4) is 21.8 Å². The minimum Gasteiger partial charge on any atom is -0.369 e. The number of rotatable bonds is 7. The quantitative estimate of drug-likeness (QED) is 0.348. The highest BCUT2D eigenvalue weighted by Gasteiger charge is 2.31. The van der Waals surface area contributed by atoms with Gasteiger partial charge in [-0.2, -0.15) is 0 Å². The highest BCUT2D eigenvalue weighted by Crippen LogP contribution is 2.48. The Balaban J connectivity index is 1.87. The summed E-state index contributed by atoms with van der Waals surface area (Å²) < 4.78 is 14.7. The van der Waals surface area contributed by atoms with E-state index in [9.17, 15) is 9.18 Å². The Kier molecular flexibility index (Phi) is 6.07. The molecule has 1 aromatic carbocycles. The van der Waals surface area contributed by atoms with Crippen LogP contribution >= 0.6 is 34.7 Å². The molecule has 162 valence electrons. The van der Waals surface area contributed by atoms with Crippen molar-refractivity contribution in [1.29, 1.82) is 0 Å². The molecule has 4 rings (SSSR count). The second-order valence-corrected chi connectivity index (χ2v) is 10.5. The van der Waals surface area contributed by atoms with Gasteiger partial charge in [-0.3, -0.25) is 4.79 Å². The highest BCUT2D eigenvalue weighted by molar-refractivity contribution is 7.98. The zero-order valence-electron chi connectivity index (χ0n) is 17.4. The third-order valence-corrected chi connectivity index (χ3v) is 7.53. The Hall–Kier alpha value is -2.03. The van der Waals surface area contributed by atoms with E-state index in [4.69, 9.17) is 22.3 Å². The number of thiazole rings is 1. The monoisotopic (exact) mass is 476 g/mol. The van der Waals surface area contributed by atoms with E-state index in [1.165, 1.54) is 23.9 Å². The topological polar surface area (TPSA) is 81.8 Å². The fraction of sp³-hybridized carbons (Fsp3) is 0.364. The zero-order valence-corrected chi connectivity index (χ0v) is 19.8. The molecule has 0 bridgehead atoms. The molecule has 0 unspecified atom stereocenters. The number of nitrogens with two attached hydrogens (primary N) is 1. The van der Waals surface area contributed by atoms with E-state index in [0.717, 1.165) is 28.4 Å². The summed E-state index contributed by atoms with van der Waals surface area (Å²) >= 11 is 9.78. The molecule has 1 aliphatic carbocycles. The van der Waals surface area contributed by atoms with Gasteiger partial charge in [0.15, 0.2) is 5.16 Å². The first-order chi connectivity index (χ1) is 14.7. The molecule has 2 aromatic heterocycles. The van der Waals surface area contributed by atoms with Gasteiger partial charge in [-0.15, -0.1) is 11.3 Å². The van der Waals surface area contributed by atoms with Crippen LogP contribution in [0.4, 0.5) is 4.39 Å². The summed E-state index contributed by atoms with van der Waals surface area (Å²) in [7, 11) is 0. The van der Waals surface area contributed by atoms with Crippen molar-refractivity contribution < 1.29 is 9.18 Å². The molecule has 0 aliphatic heterocycles. The Labute approximate surface area is 193 Å². The Morgan fingerprint density at radius 2 is 2.10 bits per heavy atom. The minimum atomic E-state index is -0.862. The summed E-state index contributed by atoms with van der Waals surface area (Å²) in [6, 6.07) is 4.59. The van der Waals surface area contributed by atoms with Crippen molar-refractivity contribution >= 4 is 40.6 Å². The van der Waals surface area contributed by atoms with Crippen molar-refractivity contribution in [1.82, 2.24) is 15.0 Å². The molecule has 3 aromatic rings. The van der Waals surface area contributed by atoms with Crippen molar-refractivity contribution in [2.24, 2.45) is 11.1 Å². The zero-order chi connectivity index (χ0) is 22.3. The predicted molar refractivity (Wildman–Crippen MR) is 124 cm³/mol.